The number of hydrogen-bond donors (Lipinski definition) is 1. The first-order valence-corrected chi connectivity index (χ1v) is 14.1. The minimum Gasteiger partial charge on any atom is -0.372 e. The lowest BCUT2D eigenvalue weighted by atomic mass is 9.83. The third-order valence-electron chi connectivity index (χ3n) is 8.27. The number of ether oxygens (including phenoxy) is 1. The fourth-order valence-corrected chi connectivity index (χ4v) is 6.17. The van der Waals surface area contributed by atoms with Crippen molar-refractivity contribution in [2.24, 2.45) is 11.8 Å². The van der Waals surface area contributed by atoms with Gasteiger partial charge in [0, 0.05) is 31.0 Å². The van der Waals surface area contributed by atoms with Crippen LogP contribution in [0.15, 0.2) is 33.8 Å². The molecule has 0 bridgehead atoms. The van der Waals surface area contributed by atoms with Crippen LogP contribution in [0.25, 0.3) is 33.8 Å². The number of morpholine rings is 1. The minimum atomic E-state index is -0.638. The first-order chi connectivity index (χ1) is 18.8. The van der Waals surface area contributed by atoms with Crippen molar-refractivity contribution < 1.29 is 9.26 Å². The second kappa shape index (κ2) is 10.4. The number of nitrogens with zero attached hydrogens (tertiary/aromatic N) is 6. The maximum atomic E-state index is 11.8. The number of rotatable bonds is 5. The number of aromatic amines is 1. The van der Waals surface area contributed by atoms with Crippen LogP contribution in [0.3, 0.4) is 0 Å². The molecule has 0 amide bonds. The molecule has 1 saturated carbocycles. The maximum absolute atomic E-state index is 11.8. The van der Waals surface area contributed by atoms with Crippen molar-refractivity contribution in [2.45, 2.75) is 78.2 Å². The lowest BCUT2D eigenvalue weighted by Crippen LogP contribution is -2.53. The molecule has 4 aromatic heterocycles. The van der Waals surface area contributed by atoms with E-state index in [9.17, 15) is 4.79 Å². The van der Waals surface area contributed by atoms with Crippen molar-refractivity contribution in [1.29, 1.82) is 0 Å². The third-order valence-corrected chi connectivity index (χ3v) is 8.48. The van der Waals surface area contributed by atoms with Gasteiger partial charge in [-0.1, -0.05) is 36.5 Å². The summed E-state index contributed by atoms with van der Waals surface area (Å²) in [4.78, 5) is 31.3. The van der Waals surface area contributed by atoms with Crippen LogP contribution in [-0.2, 0) is 11.3 Å². The van der Waals surface area contributed by atoms with Gasteiger partial charge >= 0.3 is 5.76 Å². The molecule has 206 valence electrons. The highest BCUT2D eigenvalue weighted by atomic mass is 35.5. The summed E-state index contributed by atoms with van der Waals surface area (Å²) in [5, 5.41) is 4.40. The van der Waals surface area contributed by atoms with E-state index >= 15 is 0 Å². The van der Waals surface area contributed by atoms with Crippen LogP contribution < -0.4 is 10.7 Å². The molecule has 2 fully saturated rings. The normalized spacial score (nSPS) is 25.9. The average Bonchev–Trinajstić information content (AvgIpc) is 3.50. The van der Waals surface area contributed by atoms with Gasteiger partial charge < -0.3 is 14.2 Å². The molecule has 1 aliphatic carbocycles. The summed E-state index contributed by atoms with van der Waals surface area (Å²) < 4.78 is 13.3. The van der Waals surface area contributed by atoms with Gasteiger partial charge in [0.05, 0.1) is 40.0 Å². The molecule has 6 rings (SSSR count). The molecule has 1 N–H and O–H groups in total. The van der Waals surface area contributed by atoms with Crippen LogP contribution in [0.2, 0.25) is 5.02 Å². The highest BCUT2D eigenvalue weighted by Gasteiger charge is 2.34. The van der Waals surface area contributed by atoms with Gasteiger partial charge in [0.2, 0.25) is 11.8 Å². The SMILES string of the molecule is CC1CCC(Cn2c(N3CC(C)OC(C)C3C)nc3cc(-c4noc(=O)[nH]4)nc(-c4cncc(Cl)c4)c32)CC1. The number of nitrogens with one attached hydrogen (secondary N) is 1. The number of halogens is 1. The Morgan fingerprint density at radius 1 is 1.08 bits per heavy atom. The van der Waals surface area contributed by atoms with E-state index in [1.807, 2.05) is 12.1 Å². The summed E-state index contributed by atoms with van der Waals surface area (Å²) >= 11 is 6.38. The van der Waals surface area contributed by atoms with Gasteiger partial charge in [-0.05, 0) is 57.6 Å². The molecule has 1 saturated heterocycles. The van der Waals surface area contributed by atoms with Crippen molar-refractivity contribution in [2.75, 3.05) is 11.4 Å². The van der Waals surface area contributed by atoms with E-state index in [1.54, 1.807) is 12.4 Å². The lowest BCUT2D eigenvalue weighted by molar-refractivity contribution is -0.0265. The molecule has 2 aliphatic rings. The highest BCUT2D eigenvalue weighted by molar-refractivity contribution is 6.30. The second-order valence-corrected chi connectivity index (χ2v) is 11.7. The second-order valence-electron chi connectivity index (χ2n) is 11.3. The Balaban J connectivity index is 1.58. The fraction of sp³-hybridized carbons (Fsp3) is 0.536. The van der Waals surface area contributed by atoms with Crippen LogP contribution in [0.5, 0.6) is 0 Å². The van der Waals surface area contributed by atoms with Crippen LogP contribution >= 0.6 is 11.6 Å². The standard InChI is InChI=1S/C28H34ClN7O3/c1-15-5-7-19(8-6-15)14-36-25-22(32-27(36)35-13-16(2)38-18(4)17(35)3)10-23(26-33-28(37)39-34-26)31-24(25)20-9-21(29)12-30-11-20/h9-12,15-19H,5-8,13-14H2,1-4H3,(H,33,34,37). The van der Waals surface area contributed by atoms with Crippen molar-refractivity contribution in [1.82, 2.24) is 29.7 Å². The van der Waals surface area contributed by atoms with Gasteiger partial charge in [-0.2, -0.15) is 0 Å². The first-order valence-electron chi connectivity index (χ1n) is 13.8. The van der Waals surface area contributed by atoms with E-state index in [4.69, 9.17) is 30.8 Å². The van der Waals surface area contributed by atoms with E-state index in [-0.39, 0.29) is 24.1 Å². The Labute approximate surface area is 231 Å². The number of H-pyrrole nitrogens is 1. The zero-order valence-corrected chi connectivity index (χ0v) is 23.5. The summed E-state index contributed by atoms with van der Waals surface area (Å²) in [5.74, 6) is 1.82. The van der Waals surface area contributed by atoms with Gasteiger partial charge in [-0.25, -0.2) is 14.8 Å². The summed E-state index contributed by atoms with van der Waals surface area (Å²) in [6.07, 6.45) is 8.34. The van der Waals surface area contributed by atoms with Gasteiger partial charge in [-0.3, -0.25) is 14.5 Å². The number of hydrogen-bond acceptors (Lipinski definition) is 8. The summed E-state index contributed by atoms with van der Waals surface area (Å²) in [6.45, 7) is 10.3. The maximum Gasteiger partial charge on any atom is 0.439 e. The summed E-state index contributed by atoms with van der Waals surface area (Å²) in [5.41, 5.74) is 3.59. The predicted octanol–water partition coefficient (Wildman–Crippen LogP) is 5.32. The Morgan fingerprint density at radius 3 is 2.59 bits per heavy atom. The zero-order chi connectivity index (χ0) is 27.3. The van der Waals surface area contributed by atoms with Crippen LogP contribution in [0, 0.1) is 11.8 Å². The molecule has 0 radical (unpaired) electrons. The van der Waals surface area contributed by atoms with Crippen LogP contribution in [-0.4, -0.2) is 54.5 Å². The molecule has 11 heteroatoms. The minimum absolute atomic E-state index is 0.0584. The van der Waals surface area contributed by atoms with Gasteiger partial charge in [-0.15, -0.1) is 0 Å². The Kier molecular flexibility index (Phi) is 6.93. The van der Waals surface area contributed by atoms with Crippen molar-refractivity contribution in [3.05, 3.63) is 40.1 Å². The topological polar surface area (TPSA) is 115 Å². The molecule has 3 atom stereocenters. The molecule has 3 unspecified atom stereocenters. The fourth-order valence-electron chi connectivity index (χ4n) is 5.99. The number of fused-ring (bicyclic) bond motifs is 1. The molecule has 0 aromatic carbocycles. The Hall–Kier alpha value is -3.24. The molecule has 39 heavy (non-hydrogen) atoms. The average molecular weight is 552 g/mol. The molecule has 1 aliphatic heterocycles. The number of pyridine rings is 2. The van der Waals surface area contributed by atoms with Crippen molar-refractivity contribution in [3.63, 3.8) is 0 Å². The van der Waals surface area contributed by atoms with Gasteiger partial charge in [0.25, 0.3) is 0 Å². The predicted molar refractivity (Wildman–Crippen MR) is 150 cm³/mol. The summed E-state index contributed by atoms with van der Waals surface area (Å²) in [7, 11) is 0. The highest BCUT2D eigenvalue weighted by Crippen LogP contribution is 2.38. The van der Waals surface area contributed by atoms with Crippen molar-refractivity contribution >= 4 is 28.6 Å². The molecular formula is C28H34ClN7O3. The molecule has 0 spiro atoms. The monoisotopic (exact) mass is 551 g/mol. The third kappa shape index (κ3) is 5.07. The number of imidazole rings is 1. The zero-order valence-electron chi connectivity index (χ0n) is 22.7. The van der Waals surface area contributed by atoms with E-state index in [2.05, 4.69) is 52.3 Å². The number of aromatic nitrogens is 6. The van der Waals surface area contributed by atoms with Crippen molar-refractivity contribution in [3.8, 4) is 22.8 Å². The van der Waals surface area contributed by atoms with E-state index < -0.39 is 5.76 Å². The lowest BCUT2D eigenvalue weighted by Gasteiger charge is -2.42. The van der Waals surface area contributed by atoms with Gasteiger partial charge in [0.1, 0.15) is 5.69 Å². The largest absolute Gasteiger partial charge is 0.439 e. The van der Waals surface area contributed by atoms with E-state index in [1.165, 1.54) is 25.7 Å². The first kappa shape index (κ1) is 26.0. The molecule has 10 nitrogen and oxygen atoms in total. The smallest absolute Gasteiger partial charge is 0.372 e. The number of anilines is 1. The molecular weight excluding hydrogens is 518 g/mol. The summed E-state index contributed by atoms with van der Waals surface area (Å²) in [6, 6.07) is 3.86. The van der Waals surface area contributed by atoms with E-state index in [0.717, 1.165) is 41.6 Å². The Morgan fingerprint density at radius 2 is 1.87 bits per heavy atom. The van der Waals surface area contributed by atoms with Crippen LogP contribution in [0.4, 0.5) is 5.95 Å². The molecule has 5 heterocycles. The molecule has 4 aromatic rings. The van der Waals surface area contributed by atoms with E-state index in [0.29, 0.717) is 22.3 Å². The van der Waals surface area contributed by atoms with Crippen LogP contribution in [0.1, 0.15) is 53.4 Å². The van der Waals surface area contributed by atoms with Gasteiger partial charge in [0.15, 0.2) is 0 Å². The Bertz CT molecular complexity index is 1540. The quantitative estimate of drug-likeness (QED) is 0.354.